The van der Waals surface area contributed by atoms with Crippen LogP contribution in [0.3, 0.4) is 0 Å². The van der Waals surface area contributed by atoms with E-state index in [1.165, 1.54) is 0 Å². The molecule has 0 radical (unpaired) electrons. The second-order valence-corrected chi connectivity index (χ2v) is 25.1. The number of hydrogen-bond acceptors (Lipinski definition) is 6. The third-order valence-corrected chi connectivity index (χ3v) is 19.5. The molecule has 97 heavy (non-hydrogen) atoms. The summed E-state index contributed by atoms with van der Waals surface area (Å²) in [6.07, 6.45) is 0. The van der Waals surface area contributed by atoms with Gasteiger partial charge in [-0.3, -0.25) is 0 Å². The van der Waals surface area contributed by atoms with Gasteiger partial charge in [0.15, 0.2) is 0 Å². The van der Waals surface area contributed by atoms with E-state index in [1.807, 2.05) is 0 Å². The van der Waals surface area contributed by atoms with E-state index in [0.717, 1.165) is 194 Å². The number of nitrogens with zero attached hydrogens (tertiary/aromatic N) is 3. The molecular formula is C90H55N3O4. The van der Waals surface area contributed by atoms with E-state index in [2.05, 4.69) is 348 Å². The Morgan fingerprint density at radius 1 is 0.206 bits per heavy atom. The molecule has 0 saturated heterocycles. The Morgan fingerprint density at radius 3 is 1.07 bits per heavy atom. The largest absolute Gasteiger partial charge is 0.456 e. The Labute approximate surface area is 556 Å². The molecule has 0 atom stereocenters. The lowest BCUT2D eigenvalue weighted by atomic mass is 9.94. The molecule has 5 heterocycles. The van der Waals surface area contributed by atoms with Gasteiger partial charge >= 0.3 is 0 Å². The van der Waals surface area contributed by atoms with Crippen LogP contribution in [-0.2, 0) is 0 Å². The van der Waals surface area contributed by atoms with E-state index in [9.17, 15) is 0 Å². The summed E-state index contributed by atoms with van der Waals surface area (Å²) >= 11 is 0. The number of rotatable bonds is 11. The van der Waals surface area contributed by atoms with E-state index in [0.29, 0.717) is 0 Å². The first-order chi connectivity index (χ1) is 48.1. The highest BCUT2D eigenvalue weighted by Gasteiger charge is 2.29. The average molecular weight is 1240 g/mol. The van der Waals surface area contributed by atoms with Crippen LogP contribution < -0.4 is 9.80 Å². The van der Waals surface area contributed by atoms with Crippen molar-refractivity contribution in [2.45, 2.75) is 0 Å². The number of benzene rings is 15. The number of hydrogen-bond donors (Lipinski definition) is 0. The van der Waals surface area contributed by atoms with Crippen LogP contribution in [0.4, 0.5) is 34.1 Å². The first-order valence-electron chi connectivity index (χ1n) is 32.9. The SMILES string of the molecule is c1ccc(-c2cc(-c3ccccc3)cc(-n3c4cc(-c5ccc6c(c5)oc5cc(N(c7ccccc7)c7ccccc7)ccc56)c5c6ccccc6oc5c4c4c5c(oc6ccccc65)c(-c5ccc6c(c5)oc5cc(N(c7ccccc7)c7ccccc7)ccc56)cc43)c2)cc1. The Bertz CT molecular complexity index is 6350. The van der Waals surface area contributed by atoms with Crippen LogP contribution in [0.2, 0.25) is 0 Å². The maximum Gasteiger partial charge on any atom is 0.146 e. The fourth-order valence-electron chi connectivity index (χ4n) is 15.2. The van der Waals surface area contributed by atoms with Gasteiger partial charge in [-0.15, -0.1) is 0 Å². The summed E-state index contributed by atoms with van der Waals surface area (Å²) in [6.45, 7) is 0. The molecule has 0 amide bonds. The predicted octanol–water partition coefficient (Wildman–Crippen LogP) is 26.0. The fraction of sp³-hybridized carbons (Fsp3) is 0. The lowest BCUT2D eigenvalue weighted by Crippen LogP contribution is -2.09. The highest BCUT2D eigenvalue weighted by atomic mass is 16.3. The minimum atomic E-state index is 0.775. The lowest BCUT2D eigenvalue weighted by Gasteiger charge is -2.25. The minimum Gasteiger partial charge on any atom is -0.456 e. The zero-order valence-corrected chi connectivity index (χ0v) is 52.2. The molecule has 0 fully saturated rings. The molecule has 0 spiro atoms. The van der Waals surface area contributed by atoms with Crippen LogP contribution in [0, 0.1) is 0 Å². The summed E-state index contributed by atoms with van der Waals surface area (Å²) in [5.41, 5.74) is 23.9. The molecule has 0 bridgehead atoms. The maximum absolute atomic E-state index is 7.43. The van der Waals surface area contributed by atoms with E-state index in [-0.39, 0.29) is 0 Å². The average Bonchev–Trinajstić information content (AvgIpc) is 1.53. The van der Waals surface area contributed by atoms with Crippen LogP contribution in [0.25, 0.3) is 160 Å². The van der Waals surface area contributed by atoms with Crippen molar-refractivity contribution in [2.24, 2.45) is 0 Å². The molecule has 20 aromatic rings. The van der Waals surface area contributed by atoms with E-state index < -0.39 is 0 Å². The van der Waals surface area contributed by atoms with Gasteiger partial charge in [-0.05, 0) is 178 Å². The smallest absolute Gasteiger partial charge is 0.146 e. The first-order valence-corrected chi connectivity index (χ1v) is 32.9. The molecule has 15 aromatic carbocycles. The van der Waals surface area contributed by atoms with Crippen LogP contribution in [0.5, 0.6) is 0 Å². The Kier molecular flexibility index (Phi) is 12.2. The molecule has 0 aliphatic heterocycles. The third-order valence-electron chi connectivity index (χ3n) is 19.5. The molecule has 0 saturated carbocycles. The number of para-hydroxylation sites is 6. The monoisotopic (exact) mass is 1240 g/mol. The Morgan fingerprint density at radius 2 is 0.588 bits per heavy atom. The van der Waals surface area contributed by atoms with Crippen molar-refractivity contribution in [1.82, 2.24) is 4.57 Å². The van der Waals surface area contributed by atoms with E-state index in [1.54, 1.807) is 0 Å². The van der Waals surface area contributed by atoms with Gasteiger partial charge < -0.3 is 32.0 Å². The normalized spacial score (nSPS) is 11.9. The molecule has 20 rings (SSSR count). The molecule has 5 aromatic heterocycles. The van der Waals surface area contributed by atoms with Crippen molar-refractivity contribution in [3.63, 3.8) is 0 Å². The van der Waals surface area contributed by atoms with Crippen molar-refractivity contribution in [1.29, 1.82) is 0 Å². The quantitative estimate of drug-likeness (QED) is 0.129. The van der Waals surface area contributed by atoms with Gasteiger partial charge in [0.05, 0.1) is 16.4 Å². The van der Waals surface area contributed by atoms with E-state index in [4.69, 9.17) is 17.7 Å². The van der Waals surface area contributed by atoms with Crippen LogP contribution in [-0.4, -0.2) is 4.57 Å². The molecule has 0 unspecified atom stereocenters. The van der Waals surface area contributed by atoms with Crippen molar-refractivity contribution in [2.75, 3.05) is 9.80 Å². The van der Waals surface area contributed by atoms with Crippen LogP contribution in [0.15, 0.2) is 351 Å². The van der Waals surface area contributed by atoms with Crippen LogP contribution >= 0.6 is 0 Å². The molecular weight excluding hydrogens is 1190 g/mol. The molecule has 0 aliphatic carbocycles. The molecule has 7 nitrogen and oxygen atoms in total. The van der Waals surface area contributed by atoms with Gasteiger partial charge in [0.25, 0.3) is 0 Å². The summed E-state index contributed by atoms with van der Waals surface area (Å²) in [7, 11) is 0. The molecule has 7 heteroatoms. The summed E-state index contributed by atoms with van der Waals surface area (Å²) in [5.74, 6) is 0. The van der Waals surface area contributed by atoms with Gasteiger partial charge in [0.2, 0.25) is 0 Å². The first kappa shape index (κ1) is 54.5. The van der Waals surface area contributed by atoms with Gasteiger partial charge in [-0.1, -0.05) is 182 Å². The van der Waals surface area contributed by atoms with Gasteiger partial charge in [0, 0.05) is 106 Å². The van der Waals surface area contributed by atoms with Crippen molar-refractivity contribution < 1.29 is 17.7 Å². The predicted molar refractivity (Wildman–Crippen MR) is 401 cm³/mol. The standard InChI is InChI=1S/C90H55N3O4/c1-7-23-56(24-8-1)60-47-61(57-25-9-2-10-26-57)49-68(48-60)93-77-55-76(59-40-44-70-72-46-42-67(53-84(72)95-82(70)51-59)92(64-31-15-5-16-32-64)65-33-17-6-18-34-65)89-86(74-36-20-22-38-80(74)96-89)87(77)88-78(93)54-75(85-73-35-19-21-37-79(73)97-90(85)88)58-39-43-69-71-45-41-66(52-83(71)94-81(69)50-58)91(62-27-11-3-12-28-62)63-29-13-4-14-30-63/h1-55H. The number of furan rings is 4. The third kappa shape index (κ3) is 8.76. The van der Waals surface area contributed by atoms with Gasteiger partial charge in [-0.25, -0.2) is 0 Å². The summed E-state index contributed by atoms with van der Waals surface area (Å²) in [4.78, 5) is 4.54. The highest BCUT2D eigenvalue weighted by molar-refractivity contribution is 6.36. The molecule has 0 aliphatic rings. The number of fused-ring (bicyclic) bond motifs is 17. The Balaban J connectivity index is 0.852. The zero-order valence-electron chi connectivity index (χ0n) is 52.2. The summed E-state index contributed by atoms with van der Waals surface area (Å²) in [6, 6.07) is 118. The second-order valence-electron chi connectivity index (χ2n) is 25.1. The van der Waals surface area contributed by atoms with Crippen LogP contribution in [0.1, 0.15) is 0 Å². The number of anilines is 6. The zero-order chi connectivity index (χ0) is 63.7. The fourth-order valence-corrected chi connectivity index (χ4v) is 15.2. The van der Waals surface area contributed by atoms with E-state index >= 15 is 0 Å². The summed E-state index contributed by atoms with van der Waals surface area (Å²) in [5, 5.41) is 10.2. The van der Waals surface area contributed by atoms with Crippen molar-refractivity contribution in [3.8, 4) is 50.2 Å². The highest BCUT2D eigenvalue weighted by Crippen LogP contribution is 2.52. The van der Waals surface area contributed by atoms with Crippen molar-refractivity contribution in [3.05, 3.63) is 334 Å². The Hall–Kier alpha value is -13.1. The van der Waals surface area contributed by atoms with Gasteiger partial charge in [0.1, 0.15) is 44.7 Å². The summed E-state index contributed by atoms with van der Waals surface area (Å²) < 4.78 is 31.3. The maximum atomic E-state index is 7.43. The number of aromatic nitrogens is 1. The lowest BCUT2D eigenvalue weighted by molar-refractivity contribution is 0.668. The topological polar surface area (TPSA) is 64.0 Å². The minimum absolute atomic E-state index is 0.775. The molecule has 454 valence electrons. The second kappa shape index (κ2) is 21.7. The van der Waals surface area contributed by atoms with Gasteiger partial charge in [-0.2, -0.15) is 0 Å². The van der Waals surface area contributed by atoms with Crippen molar-refractivity contribution >= 4 is 144 Å². The molecule has 0 N–H and O–H groups in total.